The van der Waals surface area contributed by atoms with E-state index in [1.807, 2.05) is 39.0 Å². The zero-order valence-corrected chi connectivity index (χ0v) is 20.5. The SMILES string of the molecule is CC[C@H](NC(=O)c1cc(NS(=O)(=O)c2ccc(C)cc2)ccc1Cl)c1ccc(OC)c(C)c1. The highest BCUT2D eigenvalue weighted by atomic mass is 35.5. The predicted molar refractivity (Wildman–Crippen MR) is 132 cm³/mol. The average Bonchev–Trinajstić information content (AvgIpc) is 2.78. The van der Waals surface area contributed by atoms with Crippen molar-refractivity contribution >= 4 is 33.2 Å². The minimum absolute atomic E-state index is 0.134. The van der Waals surface area contributed by atoms with Gasteiger partial charge in [-0.1, -0.05) is 48.4 Å². The Bertz CT molecular complexity index is 1260. The molecule has 1 atom stereocenters. The molecule has 0 saturated heterocycles. The number of rotatable bonds is 8. The normalized spacial score (nSPS) is 12.2. The first-order valence-electron chi connectivity index (χ1n) is 10.5. The van der Waals surface area contributed by atoms with Crippen LogP contribution in [0.4, 0.5) is 5.69 Å². The van der Waals surface area contributed by atoms with E-state index in [0.717, 1.165) is 22.4 Å². The van der Waals surface area contributed by atoms with E-state index in [2.05, 4.69) is 10.0 Å². The Morgan fingerprint density at radius 2 is 1.73 bits per heavy atom. The number of halogens is 1. The number of carbonyl (C=O) groups excluding carboxylic acids is 1. The molecule has 0 aromatic heterocycles. The number of nitrogens with one attached hydrogen (secondary N) is 2. The molecular weight excluding hydrogens is 460 g/mol. The van der Waals surface area contributed by atoms with Crippen LogP contribution in [0.1, 0.15) is 46.4 Å². The van der Waals surface area contributed by atoms with Crippen LogP contribution in [0.25, 0.3) is 0 Å². The van der Waals surface area contributed by atoms with Crippen molar-refractivity contribution in [1.82, 2.24) is 5.32 Å². The monoisotopic (exact) mass is 486 g/mol. The van der Waals surface area contributed by atoms with Crippen molar-refractivity contribution in [1.29, 1.82) is 0 Å². The molecule has 174 valence electrons. The minimum atomic E-state index is -3.80. The molecule has 0 heterocycles. The molecule has 0 aliphatic rings. The molecule has 6 nitrogen and oxygen atoms in total. The van der Waals surface area contributed by atoms with Crippen molar-refractivity contribution in [2.24, 2.45) is 0 Å². The van der Waals surface area contributed by atoms with Crippen LogP contribution in [0, 0.1) is 13.8 Å². The van der Waals surface area contributed by atoms with Crippen LogP contribution >= 0.6 is 11.6 Å². The highest BCUT2D eigenvalue weighted by Gasteiger charge is 2.20. The summed E-state index contributed by atoms with van der Waals surface area (Å²) in [6.45, 7) is 5.79. The smallest absolute Gasteiger partial charge is 0.261 e. The summed E-state index contributed by atoms with van der Waals surface area (Å²) in [5, 5.41) is 3.22. The van der Waals surface area contributed by atoms with Crippen LogP contribution < -0.4 is 14.8 Å². The summed E-state index contributed by atoms with van der Waals surface area (Å²) < 4.78 is 33.3. The molecule has 0 bridgehead atoms. The average molecular weight is 487 g/mol. The number of ether oxygens (including phenoxy) is 1. The summed E-state index contributed by atoms with van der Waals surface area (Å²) in [7, 11) is -2.19. The molecule has 3 aromatic carbocycles. The van der Waals surface area contributed by atoms with Crippen molar-refractivity contribution in [3.05, 3.63) is 87.9 Å². The molecule has 33 heavy (non-hydrogen) atoms. The molecule has 0 aliphatic heterocycles. The number of carbonyl (C=O) groups is 1. The van der Waals surface area contributed by atoms with Crippen LogP contribution in [0.2, 0.25) is 5.02 Å². The van der Waals surface area contributed by atoms with Crippen molar-refractivity contribution in [3.8, 4) is 5.75 Å². The lowest BCUT2D eigenvalue weighted by Gasteiger charge is -2.19. The molecule has 1 amide bonds. The maximum Gasteiger partial charge on any atom is 0.261 e. The third-order valence-corrected chi connectivity index (χ3v) is 7.06. The van der Waals surface area contributed by atoms with E-state index < -0.39 is 15.9 Å². The lowest BCUT2D eigenvalue weighted by molar-refractivity contribution is 0.0935. The van der Waals surface area contributed by atoms with Gasteiger partial charge in [0.1, 0.15) is 5.75 Å². The van der Waals surface area contributed by atoms with E-state index in [1.54, 1.807) is 19.2 Å². The molecule has 0 saturated carbocycles. The van der Waals surface area contributed by atoms with Gasteiger partial charge in [0, 0.05) is 5.69 Å². The number of benzene rings is 3. The Kier molecular flexibility index (Phi) is 7.66. The van der Waals surface area contributed by atoms with E-state index in [1.165, 1.54) is 30.3 Å². The summed E-state index contributed by atoms with van der Waals surface area (Å²) in [5.74, 6) is 0.383. The van der Waals surface area contributed by atoms with Crippen LogP contribution in [-0.4, -0.2) is 21.4 Å². The zero-order chi connectivity index (χ0) is 24.2. The second-order valence-corrected chi connectivity index (χ2v) is 9.87. The first-order chi connectivity index (χ1) is 15.6. The lowest BCUT2D eigenvalue weighted by Crippen LogP contribution is -2.28. The van der Waals surface area contributed by atoms with E-state index in [4.69, 9.17) is 16.3 Å². The van der Waals surface area contributed by atoms with Gasteiger partial charge in [0.15, 0.2) is 0 Å². The third kappa shape index (κ3) is 5.86. The molecule has 8 heteroatoms. The van der Waals surface area contributed by atoms with E-state index in [9.17, 15) is 13.2 Å². The fraction of sp³-hybridized carbons (Fsp3) is 0.240. The number of hydrogen-bond donors (Lipinski definition) is 2. The van der Waals surface area contributed by atoms with Crippen molar-refractivity contribution < 1.29 is 17.9 Å². The molecule has 0 aliphatic carbocycles. The molecular formula is C25H27ClN2O4S. The van der Waals surface area contributed by atoms with Gasteiger partial charge in [-0.05, 0) is 67.8 Å². The molecule has 2 N–H and O–H groups in total. The van der Waals surface area contributed by atoms with E-state index in [0.29, 0.717) is 6.42 Å². The van der Waals surface area contributed by atoms with Crippen LogP contribution in [0.3, 0.4) is 0 Å². The third-order valence-electron chi connectivity index (χ3n) is 5.33. The van der Waals surface area contributed by atoms with Gasteiger partial charge in [0.05, 0.1) is 28.6 Å². The fourth-order valence-corrected chi connectivity index (χ4v) is 4.72. The fourth-order valence-electron chi connectivity index (χ4n) is 3.47. The Morgan fingerprint density at radius 3 is 2.33 bits per heavy atom. The van der Waals surface area contributed by atoms with E-state index >= 15 is 0 Å². The summed E-state index contributed by atoms with van der Waals surface area (Å²) in [6.07, 6.45) is 0.662. The topological polar surface area (TPSA) is 84.5 Å². The number of sulfonamides is 1. The molecule has 0 spiro atoms. The predicted octanol–water partition coefficient (Wildman–Crippen LogP) is 5.65. The van der Waals surface area contributed by atoms with Crippen molar-refractivity contribution in [2.45, 2.75) is 38.1 Å². The molecule has 3 aromatic rings. The van der Waals surface area contributed by atoms with Crippen LogP contribution in [-0.2, 0) is 10.0 Å². The largest absolute Gasteiger partial charge is 0.496 e. The lowest BCUT2D eigenvalue weighted by atomic mass is 10.0. The van der Waals surface area contributed by atoms with Gasteiger partial charge in [0.2, 0.25) is 0 Å². The van der Waals surface area contributed by atoms with Gasteiger partial charge in [-0.15, -0.1) is 0 Å². The second-order valence-electron chi connectivity index (χ2n) is 7.78. The van der Waals surface area contributed by atoms with Gasteiger partial charge in [-0.3, -0.25) is 9.52 Å². The number of amides is 1. The molecule has 0 fully saturated rings. The molecule has 3 rings (SSSR count). The number of methoxy groups -OCH3 is 1. The standard InChI is InChI=1S/C25H27ClN2O4S/c1-5-23(18-8-13-24(32-4)17(3)14-18)27-25(29)21-15-19(9-12-22(21)26)28-33(30,31)20-10-6-16(2)7-11-20/h6-15,23,28H,5H2,1-4H3,(H,27,29)/t23-/m0/s1. The summed E-state index contributed by atoms with van der Waals surface area (Å²) in [4.78, 5) is 13.2. The highest BCUT2D eigenvalue weighted by molar-refractivity contribution is 7.92. The summed E-state index contributed by atoms with van der Waals surface area (Å²) in [5.41, 5.74) is 3.30. The Morgan fingerprint density at radius 1 is 1.03 bits per heavy atom. The minimum Gasteiger partial charge on any atom is -0.496 e. The van der Waals surface area contributed by atoms with Gasteiger partial charge >= 0.3 is 0 Å². The van der Waals surface area contributed by atoms with Crippen molar-refractivity contribution in [3.63, 3.8) is 0 Å². The Balaban J connectivity index is 1.82. The van der Waals surface area contributed by atoms with Gasteiger partial charge in [0.25, 0.3) is 15.9 Å². The van der Waals surface area contributed by atoms with Gasteiger partial charge in [-0.25, -0.2) is 8.42 Å². The maximum absolute atomic E-state index is 13.0. The molecule has 0 radical (unpaired) electrons. The Labute approximate surface area is 200 Å². The maximum atomic E-state index is 13.0. The van der Waals surface area contributed by atoms with E-state index in [-0.39, 0.29) is 27.2 Å². The second kappa shape index (κ2) is 10.3. The Hall–Kier alpha value is -3.03. The zero-order valence-electron chi connectivity index (χ0n) is 19.0. The van der Waals surface area contributed by atoms with Gasteiger partial charge < -0.3 is 10.1 Å². The van der Waals surface area contributed by atoms with Crippen molar-refractivity contribution in [2.75, 3.05) is 11.8 Å². The highest BCUT2D eigenvalue weighted by Crippen LogP contribution is 2.27. The first kappa shape index (κ1) is 24.6. The number of hydrogen-bond acceptors (Lipinski definition) is 4. The van der Waals surface area contributed by atoms with Crippen LogP contribution in [0.15, 0.2) is 65.6 Å². The first-order valence-corrected chi connectivity index (χ1v) is 12.3. The number of aryl methyl sites for hydroxylation is 2. The quantitative estimate of drug-likeness (QED) is 0.431. The van der Waals surface area contributed by atoms with Crippen LogP contribution in [0.5, 0.6) is 5.75 Å². The summed E-state index contributed by atoms with van der Waals surface area (Å²) >= 11 is 6.28. The molecule has 0 unspecified atom stereocenters. The summed E-state index contributed by atoms with van der Waals surface area (Å²) in [6, 6.07) is 16.5. The number of anilines is 1. The van der Waals surface area contributed by atoms with Gasteiger partial charge in [-0.2, -0.15) is 0 Å².